The number of esters is 1. The zero-order valence-corrected chi connectivity index (χ0v) is 11.5. The number of likely N-dealkylation sites (tertiary alicyclic amines) is 1. The number of rotatable bonds is 2. The summed E-state index contributed by atoms with van der Waals surface area (Å²) in [5.74, 6) is -0.354. The fraction of sp³-hybridized carbons (Fsp3) is 0.538. The quantitative estimate of drug-likeness (QED) is 0.774. The molecule has 1 atom stereocenters. The van der Waals surface area contributed by atoms with E-state index >= 15 is 0 Å². The van der Waals surface area contributed by atoms with Crippen LogP contribution in [0.5, 0.6) is 0 Å². The molecule has 1 aromatic rings. The molecule has 4 nitrogen and oxygen atoms in total. The molecule has 0 N–H and O–H groups in total. The first-order valence-electron chi connectivity index (χ1n) is 6.12. The van der Waals surface area contributed by atoms with Gasteiger partial charge in [0.25, 0.3) is 5.91 Å². The van der Waals surface area contributed by atoms with Crippen molar-refractivity contribution in [3.05, 3.63) is 21.9 Å². The molecule has 2 rings (SSSR count). The lowest BCUT2D eigenvalue weighted by Gasteiger charge is -2.33. The summed E-state index contributed by atoms with van der Waals surface area (Å²) in [5.41, 5.74) is 0. The van der Waals surface area contributed by atoms with Crippen molar-refractivity contribution >= 4 is 23.2 Å². The van der Waals surface area contributed by atoms with Crippen LogP contribution in [0.25, 0.3) is 0 Å². The molecular formula is C13H17NO3S. The Morgan fingerprint density at radius 1 is 1.33 bits per heavy atom. The van der Waals surface area contributed by atoms with Crippen molar-refractivity contribution in [2.24, 2.45) is 0 Å². The van der Waals surface area contributed by atoms with Crippen molar-refractivity contribution in [3.63, 3.8) is 0 Å². The third kappa shape index (κ3) is 2.56. The summed E-state index contributed by atoms with van der Waals surface area (Å²) in [6, 6.07) is 3.65. The van der Waals surface area contributed by atoms with Crippen molar-refractivity contribution in [2.45, 2.75) is 32.2 Å². The van der Waals surface area contributed by atoms with Crippen LogP contribution in [0.4, 0.5) is 0 Å². The second-order valence-electron chi connectivity index (χ2n) is 4.50. The van der Waals surface area contributed by atoms with Crippen molar-refractivity contribution in [1.82, 2.24) is 4.90 Å². The minimum Gasteiger partial charge on any atom is -0.465 e. The topological polar surface area (TPSA) is 46.6 Å². The predicted molar refractivity (Wildman–Crippen MR) is 70.0 cm³/mol. The first kappa shape index (κ1) is 13.1. The second-order valence-corrected chi connectivity index (χ2v) is 5.58. The van der Waals surface area contributed by atoms with Gasteiger partial charge in [0.1, 0.15) is 4.88 Å². The number of hydrogen-bond acceptors (Lipinski definition) is 4. The van der Waals surface area contributed by atoms with E-state index in [1.807, 2.05) is 4.90 Å². The number of hydrogen-bond donors (Lipinski definition) is 0. The van der Waals surface area contributed by atoms with Crippen molar-refractivity contribution in [1.29, 1.82) is 0 Å². The molecule has 1 unspecified atom stereocenters. The molecule has 2 heterocycles. The lowest BCUT2D eigenvalue weighted by molar-refractivity contribution is 0.0605. The Balaban J connectivity index is 2.13. The number of methoxy groups -OCH3 is 1. The van der Waals surface area contributed by atoms with Gasteiger partial charge in [0.05, 0.1) is 12.0 Å². The molecule has 5 heteroatoms. The number of piperidine rings is 1. The van der Waals surface area contributed by atoms with E-state index in [-0.39, 0.29) is 17.9 Å². The highest BCUT2D eigenvalue weighted by Crippen LogP contribution is 2.23. The summed E-state index contributed by atoms with van der Waals surface area (Å²) in [7, 11) is 1.34. The lowest BCUT2D eigenvalue weighted by atomic mass is 10.0. The number of carbonyl (C=O) groups is 2. The fourth-order valence-corrected chi connectivity index (χ4v) is 3.08. The van der Waals surface area contributed by atoms with Gasteiger partial charge in [-0.05, 0) is 38.3 Å². The van der Waals surface area contributed by atoms with Crippen LogP contribution < -0.4 is 0 Å². The van der Waals surface area contributed by atoms with Gasteiger partial charge in [-0.1, -0.05) is 0 Å². The normalized spacial score (nSPS) is 19.7. The molecule has 18 heavy (non-hydrogen) atoms. The largest absolute Gasteiger partial charge is 0.465 e. The summed E-state index contributed by atoms with van der Waals surface area (Å²) in [4.78, 5) is 26.7. The second kappa shape index (κ2) is 5.52. The van der Waals surface area contributed by atoms with Gasteiger partial charge in [0, 0.05) is 12.6 Å². The van der Waals surface area contributed by atoms with E-state index in [9.17, 15) is 9.59 Å². The molecule has 98 valence electrons. The third-order valence-corrected chi connectivity index (χ3v) is 4.32. The summed E-state index contributed by atoms with van der Waals surface area (Å²) < 4.78 is 4.64. The molecule has 0 aliphatic carbocycles. The van der Waals surface area contributed by atoms with Gasteiger partial charge in [0.2, 0.25) is 0 Å². The van der Waals surface area contributed by atoms with Gasteiger partial charge in [-0.25, -0.2) is 4.79 Å². The average molecular weight is 267 g/mol. The van der Waals surface area contributed by atoms with Gasteiger partial charge < -0.3 is 9.64 Å². The molecule has 0 radical (unpaired) electrons. The molecule has 1 aliphatic rings. The molecule has 0 spiro atoms. The van der Waals surface area contributed by atoms with Gasteiger partial charge >= 0.3 is 5.97 Å². The SMILES string of the molecule is COC(=O)c1ccc(C(=O)N2CCCCC2C)s1. The minimum absolute atomic E-state index is 0.0300. The fourth-order valence-electron chi connectivity index (χ4n) is 2.20. The lowest BCUT2D eigenvalue weighted by Crippen LogP contribution is -2.41. The number of amides is 1. The molecule has 1 aliphatic heterocycles. The molecular weight excluding hydrogens is 250 g/mol. The Bertz CT molecular complexity index is 455. The van der Waals surface area contributed by atoms with Crippen LogP contribution in [0.15, 0.2) is 12.1 Å². The molecule has 0 saturated carbocycles. The maximum Gasteiger partial charge on any atom is 0.348 e. The number of nitrogens with zero attached hydrogens (tertiary/aromatic N) is 1. The summed E-state index contributed by atoms with van der Waals surface area (Å²) >= 11 is 1.20. The van der Waals surface area contributed by atoms with Crippen molar-refractivity contribution in [3.8, 4) is 0 Å². The Morgan fingerprint density at radius 2 is 2.06 bits per heavy atom. The molecule has 1 aromatic heterocycles. The summed E-state index contributed by atoms with van der Waals surface area (Å²) in [5, 5.41) is 0. The highest BCUT2D eigenvalue weighted by Gasteiger charge is 2.25. The van der Waals surface area contributed by atoms with Crippen LogP contribution in [0.3, 0.4) is 0 Å². The van der Waals surface area contributed by atoms with Crippen LogP contribution in [-0.4, -0.2) is 36.5 Å². The summed E-state index contributed by atoms with van der Waals surface area (Å²) in [6.07, 6.45) is 3.30. The average Bonchev–Trinajstić information content (AvgIpc) is 2.87. The predicted octanol–water partition coefficient (Wildman–Crippen LogP) is 2.55. The van der Waals surface area contributed by atoms with Crippen molar-refractivity contribution in [2.75, 3.05) is 13.7 Å². The molecule has 0 aromatic carbocycles. The number of ether oxygens (including phenoxy) is 1. The Kier molecular flexibility index (Phi) is 4.01. The number of thiophene rings is 1. The number of carbonyl (C=O) groups excluding carboxylic acids is 2. The maximum absolute atomic E-state index is 12.3. The highest BCUT2D eigenvalue weighted by atomic mass is 32.1. The zero-order chi connectivity index (χ0) is 13.1. The maximum atomic E-state index is 12.3. The van der Waals surface area contributed by atoms with Gasteiger partial charge in [-0.15, -0.1) is 11.3 Å². The molecule has 1 saturated heterocycles. The van der Waals surface area contributed by atoms with Crippen molar-refractivity contribution < 1.29 is 14.3 Å². The standard InChI is InChI=1S/C13H17NO3S/c1-9-5-3-4-8-14(9)12(15)10-6-7-11(18-10)13(16)17-2/h6-7,9H,3-5,8H2,1-2H3. The highest BCUT2D eigenvalue weighted by molar-refractivity contribution is 7.15. The van der Waals surface area contributed by atoms with E-state index in [2.05, 4.69) is 11.7 Å². The van der Waals surface area contributed by atoms with E-state index in [0.29, 0.717) is 9.75 Å². The van der Waals surface area contributed by atoms with E-state index < -0.39 is 0 Å². The van der Waals surface area contributed by atoms with Gasteiger partial charge in [-0.2, -0.15) is 0 Å². The van der Waals surface area contributed by atoms with Gasteiger partial charge in [0.15, 0.2) is 0 Å². The van der Waals surface area contributed by atoms with E-state index in [1.54, 1.807) is 12.1 Å². The minimum atomic E-state index is -0.384. The third-order valence-electron chi connectivity index (χ3n) is 3.27. The van der Waals surface area contributed by atoms with Crippen LogP contribution in [0.2, 0.25) is 0 Å². The molecule has 0 bridgehead atoms. The van der Waals surface area contributed by atoms with Gasteiger partial charge in [-0.3, -0.25) is 4.79 Å². The van der Waals surface area contributed by atoms with Crippen LogP contribution in [0.1, 0.15) is 45.5 Å². The Hall–Kier alpha value is -1.36. The van der Waals surface area contributed by atoms with E-state index in [1.165, 1.54) is 24.9 Å². The Labute approximate surface area is 111 Å². The van der Waals surface area contributed by atoms with E-state index in [4.69, 9.17) is 0 Å². The zero-order valence-electron chi connectivity index (χ0n) is 10.6. The van der Waals surface area contributed by atoms with Crippen LogP contribution >= 0.6 is 11.3 Å². The first-order valence-corrected chi connectivity index (χ1v) is 6.94. The Morgan fingerprint density at radius 3 is 2.72 bits per heavy atom. The summed E-state index contributed by atoms with van der Waals surface area (Å²) in [6.45, 7) is 2.89. The molecule has 1 fully saturated rings. The smallest absolute Gasteiger partial charge is 0.348 e. The molecule has 1 amide bonds. The monoisotopic (exact) mass is 267 g/mol. The van der Waals surface area contributed by atoms with Crippen LogP contribution in [-0.2, 0) is 4.74 Å². The van der Waals surface area contributed by atoms with Crippen LogP contribution in [0, 0.1) is 0 Å². The first-order chi connectivity index (χ1) is 8.63. The van der Waals surface area contributed by atoms with E-state index in [0.717, 1.165) is 19.4 Å².